The zero-order chi connectivity index (χ0) is 11.7. The van der Waals surface area contributed by atoms with Crippen LogP contribution in [0.2, 0.25) is 0 Å². The minimum Gasteiger partial charge on any atom is -0.329 e. The van der Waals surface area contributed by atoms with Crippen LogP contribution >= 0.6 is 0 Å². The minimum absolute atomic E-state index is 0.352. The van der Waals surface area contributed by atoms with E-state index in [-0.39, 0.29) is 0 Å². The molecule has 2 heteroatoms. The Morgan fingerprint density at radius 3 is 2.35 bits per heavy atom. The Hall–Kier alpha value is -0.860. The van der Waals surface area contributed by atoms with E-state index in [1.807, 2.05) is 0 Å². The van der Waals surface area contributed by atoms with Gasteiger partial charge >= 0.3 is 0 Å². The quantitative estimate of drug-likeness (QED) is 0.863. The van der Waals surface area contributed by atoms with Crippen LogP contribution in [0.5, 0.6) is 0 Å². The highest BCUT2D eigenvalue weighted by Gasteiger charge is 2.44. The summed E-state index contributed by atoms with van der Waals surface area (Å²) >= 11 is 0. The van der Waals surface area contributed by atoms with Crippen molar-refractivity contribution >= 4 is 0 Å². The summed E-state index contributed by atoms with van der Waals surface area (Å²) in [6, 6.07) is 10.9. The largest absolute Gasteiger partial charge is 0.329 e. The molecular formula is C15H22N2. The van der Waals surface area contributed by atoms with Crippen molar-refractivity contribution < 1.29 is 0 Å². The molecule has 17 heavy (non-hydrogen) atoms. The van der Waals surface area contributed by atoms with Crippen LogP contribution < -0.4 is 5.73 Å². The van der Waals surface area contributed by atoms with Crippen molar-refractivity contribution in [3.8, 4) is 0 Å². The molecular weight excluding hydrogens is 208 g/mol. The van der Waals surface area contributed by atoms with Gasteiger partial charge in [-0.1, -0.05) is 43.2 Å². The van der Waals surface area contributed by atoms with Gasteiger partial charge in [0.25, 0.3) is 0 Å². The average Bonchev–Trinajstić information content (AvgIpc) is 2.78. The van der Waals surface area contributed by atoms with Gasteiger partial charge in [-0.3, -0.25) is 4.90 Å². The number of rotatable bonds is 3. The summed E-state index contributed by atoms with van der Waals surface area (Å²) in [5.74, 6) is 0.736. The van der Waals surface area contributed by atoms with Crippen LogP contribution in [0.15, 0.2) is 30.3 Å². The van der Waals surface area contributed by atoms with Gasteiger partial charge < -0.3 is 5.73 Å². The molecule has 1 heterocycles. The van der Waals surface area contributed by atoms with E-state index in [1.165, 1.54) is 44.3 Å². The molecule has 0 bridgehead atoms. The first-order chi connectivity index (χ1) is 8.34. The monoisotopic (exact) mass is 230 g/mol. The number of benzene rings is 1. The molecule has 1 aromatic rings. The lowest BCUT2D eigenvalue weighted by molar-refractivity contribution is 0.0204. The maximum Gasteiger partial charge on any atom is 0.0332 e. The fourth-order valence-corrected chi connectivity index (χ4v) is 3.48. The Balaban J connectivity index is 1.64. The summed E-state index contributed by atoms with van der Waals surface area (Å²) < 4.78 is 0. The van der Waals surface area contributed by atoms with E-state index in [0.717, 1.165) is 12.5 Å². The van der Waals surface area contributed by atoms with Crippen molar-refractivity contribution in [2.24, 2.45) is 5.73 Å². The van der Waals surface area contributed by atoms with Gasteiger partial charge in [-0.2, -0.15) is 0 Å². The van der Waals surface area contributed by atoms with E-state index >= 15 is 0 Å². The Kier molecular flexibility index (Phi) is 2.93. The van der Waals surface area contributed by atoms with Crippen LogP contribution in [0.4, 0.5) is 0 Å². The SMILES string of the molecule is NCC1(N2CC(c3ccccc3)C2)CCCC1. The van der Waals surface area contributed by atoms with Crippen LogP contribution in [0.1, 0.15) is 37.2 Å². The summed E-state index contributed by atoms with van der Waals surface area (Å²) in [5.41, 5.74) is 7.87. The third-order valence-electron chi connectivity index (χ3n) is 4.74. The zero-order valence-corrected chi connectivity index (χ0v) is 10.4. The maximum atomic E-state index is 6.02. The average molecular weight is 230 g/mol. The van der Waals surface area contributed by atoms with E-state index in [1.54, 1.807) is 0 Å². The van der Waals surface area contributed by atoms with Crippen molar-refractivity contribution in [2.75, 3.05) is 19.6 Å². The summed E-state index contributed by atoms with van der Waals surface area (Å²) in [4.78, 5) is 2.64. The highest BCUT2D eigenvalue weighted by molar-refractivity contribution is 5.23. The minimum atomic E-state index is 0.352. The second kappa shape index (κ2) is 4.43. The number of nitrogens with two attached hydrogens (primary N) is 1. The Labute approximate surface area is 104 Å². The van der Waals surface area contributed by atoms with E-state index in [9.17, 15) is 0 Å². The van der Waals surface area contributed by atoms with Crippen molar-refractivity contribution in [3.05, 3.63) is 35.9 Å². The summed E-state index contributed by atoms with van der Waals surface area (Å²) in [5, 5.41) is 0. The third kappa shape index (κ3) is 1.90. The predicted octanol–water partition coefficient (Wildman–Crippen LogP) is 2.36. The molecule has 2 fully saturated rings. The topological polar surface area (TPSA) is 29.3 Å². The smallest absolute Gasteiger partial charge is 0.0332 e. The number of likely N-dealkylation sites (tertiary alicyclic amines) is 1. The second-order valence-electron chi connectivity index (χ2n) is 5.65. The number of hydrogen-bond acceptors (Lipinski definition) is 2. The molecule has 0 spiro atoms. The Morgan fingerprint density at radius 2 is 1.76 bits per heavy atom. The molecule has 1 saturated heterocycles. The van der Waals surface area contributed by atoms with Gasteiger partial charge in [0.05, 0.1) is 0 Å². The van der Waals surface area contributed by atoms with Crippen LogP contribution in [-0.4, -0.2) is 30.1 Å². The zero-order valence-electron chi connectivity index (χ0n) is 10.4. The number of hydrogen-bond donors (Lipinski definition) is 1. The maximum absolute atomic E-state index is 6.02. The van der Waals surface area contributed by atoms with Crippen LogP contribution in [0.3, 0.4) is 0 Å². The lowest BCUT2D eigenvalue weighted by atomic mass is 9.84. The molecule has 1 aliphatic carbocycles. The van der Waals surface area contributed by atoms with Crippen molar-refractivity contribution in [3.63, 3.8) is 0 Å². The van der Waals surface area contributed by atoms with E-state index in [2.05, 4.69) is 35.2 Å². The van der Waals surface area contributed by atoms with Gasteiger partial charge in [0.15, 0.2) is 0 Å². The molecule has 1 saturated carbocycles. The summed E-state index contributed by atoms with van der Waals surface area (Å²) in [6.45, 7) is 3.26. The van der Waals surface area contributed by atoms with Gasteiger partial charge in [-0.05, 0) is 18.4 Å². The predicted molar refractivity (Wildman–Crippen MR) is 71.0 cm³/mol. The standard InChI is InChI=1S/C15H22N2/c16-12-15(8-4-5-9-15)17-10-14(11-17)13-6-2-1-3-7-13/h1-3,6-7,14H,4-5,8-12,16H2. The van der Waals surface area contributed by atoms with Crippen molar-refractivity contribution in [1.29, 1.82) is 0 Å². The molecule has 2 N–H and O–H groups in total. The molecule has 2 nitrogen and oxygen atoms in total. The molecule has 0 amide bonds. The van der Waals surface area contributed by atoms with Crippen molar-refractivity contribution in [1.82, 2.24) is 4.90 Å². The van der Waals surface area contributed by atoms with Gasteiger partial charge in [0.1, 0.15) is 0 Å². The Bertz CT molecular complexity index is 362. The molecule has 0 unspecified atom stereocenters. The van der Waals surface area contributed by atoms with Gasteiger partial charge in [-0.25, -0.2) is 0 Å². The first kappa shape index (κ1) is 11.2. The van der Waals surface area contributed by atoms with Gasteiger partial charge in [-0.15, -0.1) is 0 Å². The lowest BCUT2D eigenvalue weighted by Crippen LogP contribution is -2.60. The Morgan fingerprint density at radius 1 is 1.12 bits per heavy atom. The number of nitrogens with zero attached hydrogens (tertiary/aromatic N) is 1. The highest BCUT2D eigenvalue weighted by atomic mass is 15.3. The molecule has 92 valence electrons. The third-order valence-corrected chi connectivity index (χ3v) is 4.74. The fourth-order valence-electron chi connectivity index (χ4n) is 3.48. The fraction of sp³-hybridized carbons (Fsp3) is 0.600. The molecule has 1 aromatic carbocycles. The normalized spacial score (nSPS) is 24.8. The van der Waals surface area contributed by atoms with Crippen LogP contribution in [-0.2, 0) is 0 Å². The van der Waals surface area contributed by atoms with E-state index < -0.39 is 0 Å². The molecule has 2 aliphatic rings. The molecule has 0 atom stereocenters. The lowest BCUT2D eigenvalue weighted by Gasteiger charge is -2.51. The highest BCUT2D eigenvalue weighted by Crippen LogP contribution is 2.41. The van der Waals surface area contributed by atoms with Gasteiger partial charge in [0.2, 0.25) is 0 Å². The second-order valence-corrected chi connectivity index (χ2v) is 5.65. The van der Waals surface area contributed by atoms with E-state index in [0.29, 0.717) is 5.54 Å². The molecule has 1 aliphatic heterocycles. The first-order valence-electron chi connectivity index (χ1n) is 6.84. The molecule has 3 rings (SSSR count). The van der Waals surface area contributed by atoms with Crippen LogP contribution in [0.25, 0.3) is 0 Å². The first-order valence-corrected chi connectivity index (χ1v) is 6.84. The van der Waals surface area contributed by atoms with E-state index in [4.69, 9.17) is 5.73 Å². The van der Waals surface area contributed by atoms with Crippen LogP contribution in [0, 0.1) is 0 Å². The van der Waals surface area contributed by atoms with Gasteiger partial charge in [0, 0.05) is 31.1 Å². The molecule has 0 aromatic heterocycles. The molecule has 0 radical (unpaired) electrons. The summed E-state index contributed by atoms with van der Waals surface area (Å²) in [7, 11) is 0. The summed E-state index contributed by atoms with van der Waals surface area (Å²) in [6.07, 6.45) is 5.35. The van der Waals surface area contributed by atoms with Crippen molar-refractivity contribution in [2.45, 2.75) is 37.1 Å².